The SMILES string of the molecule is CCCCCCCCCCCCCC(=O)OC[C@H](CO[C@H]1OC[C@@H](O)[C@H](O)[C@H]1O)OC(=O)CCCCCCCCCCCCC. The van der Waals surface area contributed by atoms with Crippen LogP contribution in [0.2, 0.25) is 0 Å². The van der Waals surface area contributed by atoms with E-state index in [1.165, 1.54) is 103 Å². The number of ether oxygens (including phenoxy) is 4. The molecule has 45 heavy (non-hydrogen) atoms. The zero-order chi connectivity index (χ0) is 33.0. The Bertz CT molecular complexity index is 704. The Morgan fingerprint density at radius 3 is 1.49 bits per heavy atom. The monoisotopic (exact) mass is 644 g/mol. The summed E-state index contributed by atoms with van der Waals surface area (Å²) in [6, 6.07) is 0. The van der Waals surface area contributed by atoms with Crippen molar-refractivity contribution in [2.75, 3.05) is 19.8 Å². The Morgan fingerprint density at radius 2 is 1.02 bits per heavy atom. The lowest BCUT2D eigenvalue weighted by Gasteiger charge is -2.35. The van der Waals surface area contributed by atoms with Crippen molar-refractivity contribution in [2.24, 2.45) is 0 Å². The van der Waals surface area contributed by atoms with Gasteiger partial charge in [0.05, 0.1) is 13.2 Å². The highest BCUT2D eigenvalue weighted by molar-refractivity contribution is 5.70. The molecule has 0 saturated carbocycles. The quantitative estimate of drug-likeness (QED) is 0.0544. The van der Waals surface area contributed by atoms with Crippen molar-refractivity contribution >= 4 is 11.9 Å². The lowest BCUT2D eigenvalue weighted by molar-refractivity contribution is -0.275. The van der Waals surface area contributed by atoms with Crippen LogP contribution in [-0.2, 0) is 28.5 Å². The maximum Gasteiger partial charge on any atom is 0.306 e. The zero-order valence-corrected chi connectivity index (χ0v) is 28.8. The number of aliphatic hydroxyl groups excluding tert-OH is 3. The van der Waals surface area contributed by atoms with Gasteiger partial charge in [-0.15, -0.1) is 0 Å². The van der Waals surface area contributed by atoms with E-state index in [9.17, 15) is 24.9 Å². The smallest absolute Gasteiger partial charge is 0.306 e. The van der Waals surface area contributed by atoms with Gasteiger partial charge >= 0.3 is 11.9 Å². The average molecular weight is 645 g/mol. The van der Waals surface area contributed by atoms with Gasteiger partial charge in [0.15, 0.2) is 12.4 Å². The van der Waals surface area contributed by atoms with Crippen LogP contribution in [0.15, 0.2) is 0 Å². The normalized spacial score (nSPS) is 20.6. The molecule has 0 aromatic rings. The van der Waals surface area contributed by atoms with Crippen LogP contribution in [0.5, 0.6) is 0 Å². The molecule has 0 aromatic heterocycles. The first-order valence-corrected chi connectivity index (χ1v) is 18.5. The second-order valence-corrected chi connectivity index (χ2v) is 12.9. The fourth-order valence-corrected chi connectivity index (χ4v) is 5.61. The summed E-state index contributed by atoms with van der Waals surface area (Å²) in [5.41, 5.74) is 0. The van der Waals surface area contributed by atoms with E-state index in [4.69, 9.17) is 18.9 Å². The number of esters is 2. The minimum absolute atomic E-state index is 0.158. The van der Waals surface area contributed by atoms with E-state index in [2.05, 4.69) is 13.8 Å². The van der Waals surface area contributed by atoms with Crippen LogP contribution in [0.1, 0.15) is 168 Å². The Kier molecular flexibility index (Phi) is 26.8. The molecule has 0 amide bonds. The van der Waals surface area contributed by atoms with Crippen molar-refractivity contribution in [2.45, 2.75) is 199 Å². The van der Waals surface area contributed by atoms with Gasteiger partial charge < -0.3 is 34.3 Å². The summed E-state index contributed by atoms with van der Waals surface area (Å²) >= 11 is 0. The van der Waals surface area contributed by atoms with Crippen LogP contribution in [0, 0.1) is 0 Å². The van der Waals surface area contributed by atoms with Gasteiger partial charge in [-0.3, -0.25) is 9.59 Å². The minimum atomic E-state index is -1.45. The van der Waals surface area contributed by atoms with E-state index >= 15 is 0 Å². The topological polar surface area (TPSA) is 132 Å². The predicted octanol–water partition coefficient (Wildman–Crippen LogP) is 7.30. The molecule has 1 saturated heterocycles. The van der Waals surface area contributed by atoms with Gasteiger partial charge in [-0.25, -0.2) is 0 Å². The Balaban J connectivity index is 2.31. The molecule has 0 bridgehead atoms. The van der Waals surface area contributed by atoms with Gasteiger partial charge in [-0.05, 0) is 12.8 Å². The van der Waals surface area contributed by atoms with Gasteiger partial charge in [0, 0.05) is 12.8 Å². The molecule has 0 aromatic carbocycles. The van der Waals surface area contributed by atoms with E-state index in [-0.39, 0.29) is 38.2 Å². The van der Waals surface area contributed by atoms with Gasteiger partial charge in [0.1, 0.15) is 24.9 Å². The second kappa shape index (κ2) is 28.9. The Morgan fingerprint density at radius 1 is 0.600 bits per heavy atom. The molecular weight excluding hydrogens is 576 g/mol. The van der Waals surface area contributed by atoms with Crippen molar-refractivity contribution in [1.82, 2.24) is 0 Å². The summed E-state index contributed by atoms with van der Waals surface area (Å²) in [5.74, 6) is -0.730. The van der Waals surface area contributed by atoms with Crippen LogP contribution in [-0.4, -0.2) is 77.8 Å². The van der Waals surface area contributed by atoms with E-state index < -0.39 is 30.7 Å². The molecule has 9 heteroatoms. The third kappa shape index (κ3) is 22.8. The first-order valence-electron chi connectivity index (χ1n) is 18.5. The van der Waals surface area contributed by atoms with Gasteiger partial charge in [-0.2, -0.15) is 0 Å². The van der Waals surface area contributed by atoms with E-state index in [1.54, 1.807) is 0 Å². The maximum absolute atomic E-state index is 12.6. The molecule has 3 N–H and O–H groups in total. The highest BCUT2D eigenvalue weighted by Crippen LogP contribution is 2.18. The van der Waals surface area contributed by atoms with Crippen molar-refractivity contribution < 1.29 is 43.9 Å². The molecule has 1 fully saturated rings. The summed E-state index contributed by atoms with van der Waals surface area (Å²) in [6.07, 6.45) is 20.7. The fourth-order valence-electron chi connectivity index (χ4n) is 5.61. The predicted molar refractivity (Wildman–Crippen MR) is 177 cm³/mol. The summed E-state index contributed by atoms with van der Waals surface area (Å²) in [7, 11) is 0. The molecule has 1 aliphatic heterocycles. The fraction of sp³-hybridized carbons (Fsp3) is 0.944. The van der Waals surface area contributed by atoms with E-state index in [0.29, 0.717) is 6.42 Å². The van der Waals surface area contributed by atoms with Crippen LogP contribution in [0.4, 0.5) is 0 Å². The molecule has 0 aliphatic carbocycles. The molecule has 0 spiro atoms. The first-order chi connectivity index (χ1) is 21.9. The molecule has 1 heterocycles. The summed E-state index contributed by atoms with van der Waals surface area (Å²) in [4.78, 5) is 25.0. The lowest BCUT2D eigenvalue weighted by atomic mass is 10.1. The molecule has 0 unspecified atom stereocenters. The number of rotatable bonds is 30. The Labute approximate surface area is 274 Å². The molecule has 5 atom stereocenters. The van der Waals surface area contributed by atoms with Gasteiger partial charge in [-0.1, -0.05) is 142 Å². The van der Waals surface area contributed by atoms with Crippen molar-refractivity contribution in [3.8, 4) is 0 Å². The van der Waals surface area contributed by atoms with Crippen molar-refractivity contribution in [1.29, 1.82) is 0 Å². The van der Waals surface area contributed by atoms with E-state index in [0.717, 1.165) is 38.5 Å². The molecule has 1 rings (SSSR count). The Hall–Kier alpha value is -1.26. The lowest BCUT2D eigenvalue weighted by Crippen LogP contribution is -2.54. The number of hydrogen-bond donors (Lipinski definition) is 3. The van der Waals surface area contributed by atoms with Gasteiger partial charge in [0.25, 0.3) is 0 Å². The zero-order valence-electron chi connectivity index (χ0n) is 28.8. The minimum Gasteiger partial charge on any atom is -0.462 e. The van der Waals surface area contributed by atoms with Crippen molar-refractivity contribution in [3.05, 3.63) is 0 Å². The third-order valence-electron chi connectivity index (χ3n) is 8.60. The molecule has 9 nitrogen and oxygen atoms in total. The van der Waals surface area contributed by atoms with Crippen LogP contribution >= 0.6 is 0 Å². The highest BCUT2D eigenvalue weighted by atomic mass is 16.7. The van der Waals surface area contributed by atoms with Gasteiger partial charge in [0.2, 0.25) is 0 Å². The van der Waals surface area contributed by atoms with Crippen LogP contribution < -0.4 is 0 Å². The number of aliphatic hydroxyl groups is 3. The summed E-state index contributed by atoms with van der Waals surface area (Å²) < 4.78 is 21.9. The van der Waals surface area contributed by atoms with Crippen molar-refractivity contribution in [3.63, 3.8) is 0 Å². The van der Waals surface area contributed by atoms with Crippen LogP contribution in [0.25, 0.3) is 0 Å². The molecule has 1 aliphatic rings. The number of unbranched alkanes of at least 4 members (excludes halogenated alkanes) is 20. The third-order valence-corrected chi connectivity index (χ3v) is 8.60. The number of hydrogen-bond acceptors (Lipinski definition) is 9. The van der Waals surface area contributed by atoms with Crippen LogP contribution in [0.3, 0.4) is 0 Å². The summed E-state index contributed by atoms with van der Waals surface area (Å²) in [5, 5.41) is 29.8. The standard InChI is InChI=1S/C36H68O9/c1-3-5-7-9-11-13-15-17-19-21-23-25-32(38)42-27-30(28-43-36-35(41)34(40)31(37)29-44-36)45-33(39)26-24-22-20-18-16-14-12-10-8-6-4-2/h30-31,34-37,40-41H,3-29H2,1-2H3/t30-,31-,34+,35-,36+/m1/s1. The number of carbonyl (C=O) groups is 2. The molecule has 0 radical (unpaired) electrons. The largest absolute Gasteiger partial charge is 0.462 e. The molecule has 266 valence electrons. The first kappa shape index (κ1) is 41.8. The maximum atomic E-state index is 12.6. The molecular formula is C36H68O9. The second-order valence-electron chi connectivity index (χ2n) is 12.9. The average Bonchev–Trinajstić information content (AvgIpc) is 3.03. The van der Waals surface area contributed by atoms with E-state index in [1.807, 2.05) is 0 Å². The summed E-state index contributed by atoms with van der Waals surface area (Å²) in [6.45, 7) is 3.93. The number of carbonyl (C=O) groups excluding carboxylic acids is 2. The highest BCUT2D eigenvalue weighted by Gasteiger charge is 2.38.